The fourth-order valence-electron chi connectivity index (χ4n) is 15.5. The van der Waals surface area contributed by atoms with Gasteiger partial charge in [0.1, 0.15) is 92.6 Å². The molecule has 2 saturated heterocycles. The van der Waals surface area contributed by atoms with Crippen molar-refractivity contribution in [2.45, 2.75) is 511 Å². The van der Waals surface area contributed by atoms with Gasteiger partial charge in [-0.15, -0.1) is 0 Å². The topological polar surface area (TPSA) is 380 Å². The third-order valence-electron chi connectivity index (χ3n) is 23.0. The summed E-state index contributed by atoms with van der Waals surface area (Å²) in [5, 5.41) is 102. The molecule has 0 aromatic heterocycles. The SMILES string of the molecule is CCCCCCCC/C=C\CCCCCC(=O)OCC1OC(OC2C(OC(=O)CCCCCCCCCCCCCCC)C(O)C(O)C(OC3OC(CO)C(O)C(O)C3O)C2OP(=O)(O)OCC(COC(=O)CCCCCCCCCCCCCCCCCC)OC(=O)CCCCCCCCCCCCCCCCC)C(O)C(O)C1O. The summed E-state index contributed by atoms with van der Waals surface area (Å²) in [6, 6.07) is 0. The lowest BCUT2D eigenvalue weighted by atomic mass is 9.84. The molecule has 10 N–H and O–H groups in total. The molecule has 0 spiro atoms. The quantitative estimate of drug-likeness (QED) is 0.00889. The molecule has 26 heteroatoms. The summed E-state index contributed by atoms with van der Waals surface area (Å²) in [7, 11) is -5.80. The highest BCUT2D eigenvalue weighted by atomic mass is 31.2. The number of carbonyl (C=O) groups is 4. The summed E-state index contributed by atoms with van der Waals surface area (Å²) >= 11 is 0. The van der Waals surface area contributed by atoms with Gasteiger partial charge in [0.2, 0.25) is 0 Å². The minimum atomic E-state index is -5.80. The highest BCUT2D eigenvalue weighted by Crippen LogP contribution is 2.49. The molecule has 18 atom stereocenters. The van der Waals surface area contributed by atoms with Crippen LogP contribution in [-0.4, -0.2) is 205 Å². The largest absolute Gasteiger partial charge is 0.472 e. The maximum atomic E-state index is 14.9. The van der Waals surface area contributed by atoms with Gasteiger partial charge >= 0.3 is 31.7 Å². The number of aliphatic hydroxyl groups is 9. The van der Waals surface area contributed by atoms with Gasteiger partial charge in [0.25, 0.3) is 0 Å². The summed E-state index contributed by atoms with van der Waals surface area (Å²) in [5.74, 6) is -2.96. The number of carbonyl (C=O) groups excluding carboxylic acids is 4. The Bertz CT molecular complexity index is 2460. The molecule has 2 aliphatic heterocycles. The van der Waals surface area contributed by atoms with Gasteiger partial charge in [0.05, 0.1) is 13.2 Å². The Kier molecular flexibility index (Phi) is 64.4. The smallest absolute Gasteiger partial charge is 0.463 e. The predicted octanol–water partition coefficient (Wildman–Crippen LogP) is 17.2. The van der Waals surface area contributed by atoms with Crippen molar-refractivity contribution in [3.63, 3.8) is 0 Å². The van der Waals surface area contributed by atoms with E-state index in [1.165, 1.54) is 193 Å². The molecule has 18 unspecified atom stereocenters. The second-order valence-corrected chi connectivity index (χ2v) is 34.9. The lowest BCUT2D eigenvalue weighted by molar-refractivity contribution is -0.360. The highest BCUT2D eigenvalue weighted by molar-refractivity contribution is 7.47. The van der Waals surface area contributed by atoms with Crippen LogP contribution in [0.4, 0.5) is 0 Å². The first-order valence-corrected chi connectivity index (χ1v) is 48.4. The van der Waals surface area contributed by atoms with Crippen LogP contribution in [0.2, 0.25) is 0 Å². The van der Waals surface area contributed by atoms with Crippen molar-refractivity contribution in [3.8, 4) is 0 Å². The Morgan fingerprint density at radius 1 is 0.336 bits per heavy atom. The number of hydrogen-bond donors (Lipinski definition) is 10. The fourth-order valence-corrected chi connectivity index (χ4v) is 16.5. The first kappa shape index (κ1) is 107. The molecule has 2 heterocycles. The molecule has 116 heavy (non-hydrogen) atoms. The van der Waals surface area contributed by atoms with Crippen LogP contribution in [-0.2, 0) is 70.7 Å². The maximum Gasteiger partial charge on any atom is 0.472 e. The van der Waals surface area contributed by atoms with Crippen molar-refractivity contribution in [2.24, 2.45) is 0 Å². The van der Waals surface area contributed by atoms with Gasteiger partial charge in [-0.3, -0.25) is 28.2 Å². The van der Waals surface area contributed by atoms with Crippen LogP contribution in [0.3, 0.4) is 0 Å². The predicted molar refractivity (Wildman–Crippen MR) is 449 cm³/mol. The van der Waals surface area contributed by atoms with Crippen LogP contribution in [0.1, 0.15) is 407 Å². The van der Waals surface area contributed by atoms with E-state index in [1.807, 2.05) is 0 Å². The van der Waals surface area contributed by atoms with E-state index in [4.69, 9.17) is 46.9 Å². The monoisotopic (exact) mass is 1680 g/mol. The molecule has 1 saturated carbocycles. The number of hydrogen-bond acceptors (Lipinski definition) is 24. The zero-order chi connectivity index (χ0) is 84.7. The molecule has 3 fully saturated rings. The van der Waals surface area contributed by atoms with E-state index in [1.54, 1.807) is 0 Å². The summed E-state index contributed by atoms with van der Waals surface area (Å²) in [6.07, 6.45) is 27.8. The summed E-state index contributed by atoms with van der Waals surface area (Å²) < 4.78 is 73.4. The van der Waals surface area contributed by atoms with Crippen LogP contribution in [0.25, 0.3) is 0 Å². The lowest BCUT2D eigenvalue weighted by Crippen LogP contribution is -2.70. The van der Waals surface area contributed by atoms with Gasteiger partial charge in [-0.25, -0.2) is 4.57 Å². The molecule has 0 amide bonds. The Hall–Kier alpha value is -2.79. The number of allylic oxidation sites excluding steroid dienone is 2. The normalized spacial score (nSPS) is 25.2. The molecule has 3 aliphatic rings. The molecule has 0 bridgehead atoms. The van der Waals surface area contributed by atoms with Gasteiger partial charge < -0.3 is 88.7 Å². The Morgan fingerprint density at radius 2 is 0.647 bits per heavy atom. The van der Waals surface area contributed by atoms with Crippen LogP contribution in [0.5, 0.6) is 0 Å². The van der Waals surface area contributed by atoms with Gasteiger partial charge in [0, 0.05) is 25.7 Å². The van der Waals surface area contributed by atoms with E-state index in [0.29, 0.717) is 38.5 Å². The van der Waals surface area contributed by atoms with Gasteiger partial charge in [-0.2, -0.15) is 0 Å². The van der Waals surface area contributed by atoms with Crippen molar-refractivity contribution in [3.05, 3.63) is 12.2 Å². The molecule has 3 rings (SSSR count). The minimum Gasteiger partial charge on any atom is -0.463 e. The third-order valence-corrected chi connectivity index (χ3v) is 24.0. The Morgan fingerprint density at radius 3 is 1.03 bits per heavy atom. The number of aliphatic hydroxyl groups excluding tert-OH is 9. The second kappa shape index (κ2) is 69.6. The molecular weight excluding hydrogens is 1510 g/mol. The van der Waals surface area contributed by atoms with Crippen molar-refractivity contribution in [1.29, 1.82) is 0 Å². The fraction of sp³-hybridized carbons (Fsp3) is 0.933. The van der Waals surface area contributed by atoms with Crippen LogP contribution < -0.4 is 0 Å². The average Bonchev–Trinajstić information content (AvgIpc) is 0.753. The van der Waals surface area contributed by atoms with E-state index >= 15 is 0 Å². The Balaban J connectivity index is 1.91. The van der Waals surface area contributed by atoms with E-state index < -0.39 is 162 Å². The second-order valence-electron chi connectivity index (χ2n) is 33.5. The Labute approximate surface area is 699 Å². The van der Waals surface area contributed by atoms with Crippen molar-refractivity contribution < 1.29 is 122 Å². The van der Waals surface area contributed by atoms with E-state index in [2.05, 4.69) is 39.8 Å². The van der Waals surface area contributed by atoms with E-state index in [9.17, 15) is 74.6 Å². The minimum absolute atomic E-state index is 0.00428. The standard InChI is InChI=1S/C90H167O25P/c1-5-9-13-17-21-25-29-33-35-37-40-43-46-50-54-58-62-73(92)106-67-70(109-75(94)64-60-56-52-48-45-41-36-34-30-26-22-18-14-10-6-2)68-108-116(104,105)115-88-86(113-89-83(102)79(98)77(96)71(66-91)110-89)82(101)81(100)85(112-76(95)65-61-57-53-49-44-39-32-28-24-20-16-12-8-4)87(88)114-90-84(103)80(99)78(97)72(111-90)69-107-74(93)63-59-55-51-47-42-38-31-27-23-19-15-11-7-3/h38,42,70-72,77-91,96-103H,5-37,39-41,43-69H2,1-4H3,(H,104,105)/b42-38-. The summed E-state index contributed by atoms with van der Waals surface area (Å²) in [4.78, 5) is 66.4. The molecule has 25 nitrogen and oxygen atoms in total. The van der Waals surface area contributed by atoms with Gasteiger partial charge in [-0.05, 0) is 51.4 Å². The zero-order valence-corrected chi connectivity index (χ0v) is 73.5. The molecular formula is C90H167O25P. The number of unbranched alkanes of at least 4 members (excludes halogenated alkanes) is 50. The number of rotatable bonds is 76. The van der Waals surface area contributed by atoms with Crippen LogP contribution in [0, 0.1) is 0 Å². The van der Waals surface area contributed by atoms with Gasteiger partial charge in [-0.1, -0.05) is 342 Å². The molecule has 0 aromatic carbocycles. The first-order chi connectivity index (χ1) is 56.2. The third kappa shape index (κ3) is 49.5. The highest BCUT2D eigenvalue weighted by Gasteiger charge is 2.60. The molecule has 682 valence electrons. The number of phosphoric ester groups is 1. The first-order valence-electron chi connectivity index (χ1n) is 46.9. The van der Waals surface area contributed by atoms with E-state index in [0.717, 1.165) is 122 Å². The van der Waals surface area contributed by atoms with E-state index in [-0.39, 0.29) is 25.7 Å². The van der Waals surface area contributed by atoms with Crippen LogP contribution in [0.15, 0.2) is 12.2 Å². The molecule has 0 aromatic rings. The van der Waals surface area contributed by atoms with Crippen molar-refractivity contribution >= 4 is 31.7 Å². The average molecular weight is 1680 g/mol. The zero-order valence-electron chi connectivity index (χ0n) is 72.6. The maximum absolute atomic E-state index is 14.9. The number of esters is 4. The summed E-state index contributed by atoms with van der Waals surface area (Å²) in [6.45, 7) is 5.60. The van der Waals surface area contributed by atoms with Crippen molar-refractivity contribution in [2.75, 3.05) is 26.4 Å². The van der Waals surface area contributed by atoms with Gasteiger partial charge in [0.15, 0.2) is 24.8 Å². The number of phosphoric acid groups is 1. The molecule has 1 aliphatic carbocycles. The summed E-state index contributed by atoms with van der Waals surface area (Å²) in [5.41, 5.74) is 0. The lowest BCUT2D eigenvalue weighted by Gasteiger charge is -2.50. The van der Waals surface area contributed by atoms with Crippen molar-refractivity contribution in [1.82, 2.24) is 0 Å². The number of ether oxygens (including phenoxy) is 8. The van der Waals surface area contributed by atoms with Crippen LogP contribution >= 0.6 is 7.82 Å². The molecule has 0 radical (unpaired) electrons.